The second kappa shape index (κ2) is 8.55. The van der Waals surface area contributed by atoms with E-state index in [4.69, 9.17) is 14.2 Å². The molecule has 1 aromatic carbocycles. The first-order chi connectivity index (χ1) is 9.19. The number of ether oxygens (including phenoxy) is 3. The molecular weight excluding hydrogens is 268 g/mol. The first kappa shape index (κ1) is 15.5. The Hall–Kier alpha value is -1.53. The monoisotopic (exact) mass is 284 g/mol. The largest absolute Gasteiger partial charge is 0.461 e. The van der Waals surface area contributed by atoms with Crippen molar-refractivity contribution in [1.29, 1.82) is 0 Å². The highest BCUT2D eigenvalue weighted by Gasteiger charge is 2.10. The minimum atomic E-state index is -0.452. The van der Waals surface area contributed by atoms with Gasteiger partial charge in [-0.3, -0.25) is 0 Å². The van der Waals surface area contributed by atoms with E-state index in [1.165, 1.54) is 31.4 Å². The molecule has 104 valence electrons. The topological polar surface area (TPSA) is 61.8 Å². The fraction of sp³-hybridized carbons (Fsp3) is 0.385. The van der Waals surface area contributed by atoms with E-state index in [0.29, 0.717) is 23.5 Å². The highest BCUT2D eigenvalue weighted by molar-refractivity contribution is 7.80. The molecule has 0 bridgehead atoms. The molecule has 0 N–H and O–H groups in total. The number of hydrogen-bond acceptors (Lipinski definition) is 6. The summed E-state index contributed by atoms with van der Waals surface area (Å²) in [5.74, 6) is -0.420. The summed E-state index contributed by atoms with van der Waals surface area (Å²) >= 11 is 3.94. The molecule has 0 atom stereocenters. The zero-order chi connectivity index (χ0) is 14.1. The zero-order valence-electron chi connectivity index (χ0n) is 10.6. The van der Waals surface area contributed by atoms with Crippen LogP contribution >= 0.6 is 12.6 Å². The van der Waals surface area contributed by atoms with Gasteiger partial charge in [0, 0.05) is 12.9 Å². The molecule has 0 aliphatic rings. The Morgan fingerprint density at radius 1 is 0.947 bits per heavy atom. The van der Waals surface area contributed by atoms with Gasteiger partial charge in [0.25, 0.3) is 0 Å². The minimum Gasteiger partial charge on any atom is -0.461 e. The normalized spacial score (nSPS) is 10.0. The molecule has 0 radical (unpaired) electrons. The van der Waals surface area contributed by atoms with Crippen molar-refractivity contribution >= 4 is 24.6 Å². The van der Waals surface area contributed by atoms with Crippen LogP contribution in [0.3, 0.4) is 0 Å². The standard InChI is InChI=1S/C13H16O5S/c1-16-6-7-17-12(14)10-2-4-11(5-3-10)13(15)18-8-9-19/h2-5,19H,6-9H2,1H3. The van der Waals surface area contributed by atoms with Gasteiger partial charge >= 0.3 is 11.9 Å². The Labute approximate surface area is 117 Å². The van der Waals surface area contributed by atoms with Crippen molar-refractivity contribution < 1.29 is 23.8 Å². The molecular formula is C13H16O5S. The highest BCUT2D eigenvalue weighted by Crippen LogP contribution is 2.07. The molecule has 0 aliphatic heterocycles. The number of rotatable bonds is 7. The van der Waals surface area contributed by atoms with Crippen LogP contribution in [0.15, 0.2) is 24.3 Å². The second-order valence-electron chi connectivity index (χ2n) is 3.57. The average Bonchev–Trinajstić information content (AvgIpc) is 2.45. The van der Waals surface area contributed by atoms with Gasteiger partial charge in [0.1, 0.15) is 13.2 Å². The van der Waals surface area contributed by atoms with Crippen LogP contribution in [0.25, 0.3) is 0 Å². The van der Waals surface area contributed by atoms with Crippen molar-refractivity contribution in [2.75, 3.05) is 32.7 Å². The summed E-state index contributed by atoms with van der Waals surface area (Å²) in [4.78, 5) is 23.1. The smallest absolute Gasteiger partial charge is 0.338 e. The number of hydrogen-bond donors (Lipinski definition) is 1. The van der Waals surface area contributed by atoms with Crippen LogP contribution in [0, 0.1) is 0 Å². The van der Waals surface area contributed by atoms with Gasteiger partial charge in [0.05, 0.1) is 17.7 Å². The van der Waals surface area contributed by atoms with Crippen LogP contribution < -0.4 is 0 Å². The minimum absolute atomic E-state index is 0.196. The van der Waals surface area contributed by atoms with E-state index in [0.717, 1.165) is 0 Å². The Morgan fingerprint density at radius 2 is 1.42 bits per heavy atom. The second-order valence-corrected chi connectivity index (χ2v) is 4.01. The summed E-state index contributed by atoms with van der Waals surface area (Å²) in [5.41, 5.74) is 0.761. The summed E-state index contributed by atoms with van der Waals surface area (Å²) < 4.78 is 14.6. The molecule has 6 heteroatoms. The van der Waals surface area contributed by atoms with Gasteiger partial charge in [-0.15, -0.1) is 0 Å². The van der Waals surface area contributed by atoms with Crippen molar-refractivity contribution in [3.63, 3.8) is 0 Å². The number of carbonyl (C=O) groups is 2. The zero-order valence-corrected chi connectivity index (χ0v) is 11.5. The quantitative estimate of drug-likeness (QED) is 0.468. The van der Waals surface area contributed by atoms with E-state index in [-0.39, 0.29) is 13.2 Å². The lowest BCUT2D eigenvalue weighted by molar-refractivity contribution is 0.0387. The Morgan fingerprint density at radius 3 is 1.84 bits per heavy atom. The molecule has 0 heterocycles. The van der Waals surface area contributed by atoms with Crippen molar-refractivity contribution in [2.24, 2.45) is 0 Å². The maximum Gasteiger partial charge on any atom is 0.338 e. The maximum absolute atomic E-state index is 11.6. The molecule has 1 aromatic rings. The van der Waals surface area contributed by atoms with E-state index < -0.39 is 11.9 Å². The van der Waals surface area contributed by atoms with Crippen LogP contribution in [0.5, 0.6) is 0 Å². The summed E-state index contributed by atoms with van der Waals surface area (Å²) in [6, 6.07) is 6.08. The molecule has 19 heavy (non-hydrogen) atoms. The summed E-state index contributed by atoms with van der Waals surface area (Å²) in [6.45, 7) is 0.795. The third-order valence-corrected chi connectivity index (χ3v) is 2.38. The predicted molar refractivity (Wildman–Crippen MR) is 72.7 cm³/mol. The summed E-state index contributed by atoms with van der Waals surface area (Å²) in [7, 11) is 1.53. The van der Waals surface area contributed by atoms with Gasteiger partial charge in [-0.2, -0.15) is 12.6 Å². The third-order valence-electron chi connectivity index (χ3n) is 2.20. The molecule has 0 saturated heterocycles. The van der Waals surface area contributed by atoms with E-state index in [2.05, 4.69) is 12.6 Å². The van der Waals surface area contributed by atoms with Crippen molar-refractivity contribution in [2.45, 2.75) is 0 Å². The lowest BCUT2D eigenvalue weighted by Gasteiger charge is -2.05. The van der Waals surface area contributed by atoms with Crippen molar-refractivity contribution in [3.8, 4) is 0 Å². The molecule has 0 aliphatic carbocycles. The van der Waals surface area contributed by atoms with Crippen LogP contribution in [0.1, 0.15) is 20.7 Å². The van der Waals surface area contributed by atoms with Gasteiger partial charge in [0.2, 0.25) is 0 Å². The number of carbonyl (C=O) groups excluding carboxylic acids is 2. The first-order valence-electron chi connectivity index (χ1n) is 5.73. The molecule has 1 rings (SSSR count). The summed E-state index contributed by atoms with van der Waals surface area (Å²) in [6.07, 6.45) is 0. The lowest BCUT2D eigenvalue weighted by atomic mass is 10.1. The van der Waals surface area contributed by atoms with E-state index in [1.807, 2.05) is 0 Å². The van der Waals surface area contributed by atoms with Crippen molar-refractivity contribution in [3.05, 3.63) is 35.4 Å². The molecule has 5 nitrogen and oxygen atoms in total. The lowest BCUT2D eigenvalue weighted by Crippen LogP contribution is -2.11. The fourth-order valence-corrected chi connectivity index (χ4v) is 1.36. The predicted octanol–water partition coefficient (Wildman–Crippen LogP) is 1.58. The van der Waals surface area contributed by atoms with Gasteiger partial charge in [-0.05, 0) is 24.3 Å². The van der Waals surface area contributed by atoms with Crippen molar-refractivity contribution in [1.82, 2.24) is 0 Å². The van der Waals surface area contributed by atoms with E-state index in [9.17, 15) is 9.59 Å². The molecule has 0 amide bonds. The van der Waals surface area contributed by atoms with E-state index in [1.54, 1.807) is 0 Å². The average molecular weight is 284 g/mol. The fourth-order valence-electron chi connectivity index (χ4n) is 1.27. The molecule has 0 unspecified atom stereocenters. The molecule has 0 spiro atoms. The highest BCUT2D eigenvalue weighted by atomic mass is 32.1. The van der Waals surface area contributed by atoms with Crippen LogP contribution in [-0.2, 0) is 14.2 Å². The van der Waals surface area contributed by atoms with Gasteiger partial charge in [-0.1, -0.05) is 0 Å². The first-order valence-corrected chi connectivity index (χ1v) is 6.36. The molecule has 0 aromatic heterocycles. The van der Waals surface area contributed by atoms with Crippen LogP contribution in [-0.4, -0.2) is 44.6 Å². The van der Waals surface area contributed by atoms with Crippen LogP contribution in [0.2, 0.25) is 0 Å². The van der Waals surface area contributed by atoms with Gasteiger partial charge < -0.3 is 14.2 Å². The van der Waals surface area contributed by atoms with Gasteiger partial charge in [0.15, 0.2) is 0 Å². The van der Waals surface area contributed by atoms with Crippen LogP contribution in [0.4, 0.5) is 0 Å². The van der Waals surface area contributed by atoms with E-state index >= 15 is 0 Å². The van der Waals surface area contributed by atoms with Gasteiger partial charge in [-0.25, -0.2) is 9.59 Å². The summed E-state index contributed by atoms with van der Waals surface area (Å²) in [5, 5.41) is 0. The number of methoxy groups -OCH3 is 1. The number of thiol groups is 1. The Kier molecular flexibility index (Phi) is 6.99. The molecule has 0 saturated carbocycles. The Bertz CT molecular complexity index is 416. The number of esters is 2. The Balaban J connectivity index is 2.55. The third kappa shape index (κ3) is 5.32. The molecule has 0 fully saturated rings. The number of benzene rings is 1. The maximum atomic E-state index is 11.6. The SMILES string of the molecule is COCCOC(=O)c1ccc(C(=O)OCCS)cc1.